The van der Waals surface area contributed by atoms with Crippen molar-refractivity contribution in [3.05, 3.63) is 65.7 Å². The average Bonchev–Trinajstić information content (AvgIpc) is 2.95. The first kappa shape index (κ1) is 34.0. The molecule has 0 spiro atoms. The van der Waals surface area contributed by atoms with Crippen LogP contribution >= 0.6 is 0 Å². The Bertz CT molecular complexity index is 1280. The van der Waals surface area contributed by atoms with Crippen molar-refractivity contribution in [1.82, 2.24) is 16.0 Å². The van der Waals surface area contributed by atoms with Gasteiger partial charge in [0.1, 0.15) is 23.9 Å². The molecule has 0 saturated heterocycles. The van der Waals surface area contributed by atoms with Gasteiger partial charge in [-0.05, 0) is 36.1 Å². The number of carboxylic acid groups (broad SMARTS) is 2. The summed E-state index contributed by atoms with van der Waals surface area (Å²) in [4.78, 5) is 66.2. The highest BCUT2D eigenvalue weighted by Crippen LogP contribution is 2.13. The maximum Gasteiger partial charge on any atom is 0.326 e. The van der Waals surface area contributed by atoms with E-state index in [1.54, 1.807) is 42.5 Å². The van der Waals surface area contributed by atoms with Crippen molar-refractivity contribution in [1.29, 1.82) is 0 Å². The van der Waals surface area contributed by atoms with Gasteiger partial charge in [-0.15, -0.1) is 0 Å². The van der Waals surface area contributed by atoms with Gasteiger partial charge in [-0.1, -0.05) is 42.5 Å². The van der Waals surface area contributed by atoms with E-state index in [0.29, 0.717) is 17.5 Å². The van der Waals surface area contributed by atoms with Crippen LogP contribution in [0.15, 0.2) is 59.6 Å². The van der Waals surface area contributed by atoms with Crippen LogP contribution in [0.3, 0.4) is 0 Å². The van der Waals surface area contributed by atoms with Gasteiger partial charge < -0.3 is 48.5 Å². The number of nitrogens with two attached hydrogens (primary N) is 3. The van der Waals surface area contributed by atoms with Crippen molar-refractivity contribution in [2.45, 2.75) is 56.3 Å². The van der Waals surface area contributed by atoms with E-state index in [4.69, 9.17) is 22.3 Å². The number of aliphatic carboxylic acids is 2. The summed E-state index contributed by atoms with van der Waals surface area (Å²) in [6.07, 6.45) is -0.401. The van der Waals surface area contributed by atoms with E-state index in [2.05, 4.69) is 20.9 Å². The van der Waals surface area contributed by atoms with Crippen molar-refractivity contribution in [2.24, 2.45) is 22.2 Å². The second kappa shape index (κ2) is 16.9. The molecule has 0 aromatic heterocycles. The first-order valence-electron chi connectivity index (χ1n) is 13.3. The summed E-state index contributed by atoms with van der Waals surface area (Å²) in [5.41, 5.74) is 17.8. The van der Waals surface area contributed by atoms with Crippen molar-refractivity contribution in [3.63, 3.8) is 0 Å². The lowest BCUT2D eigenvalue weighted by atomic mass is 10.0. The molecule has 12 N–H and O–H groups in total. The fourth-order valence-corrected chi connectivity index (χ4v) is 3.98. The van der Waals surface area contributed by atoms with Crippen LogP contribution in [0.4, 0.5) is 0 Å². The van der Waals surface area contributed by atoms with E-state index in [1.165, 1.54) is 12.1 Å². The van der Waals surface area contributed by atoms with Gasteiger partial charge in [0.15, 0.2) is 5.96 Å². The number of rotatable bonds is 17. The zero-order chi connectivity index (χ0) is 31.9. The normalized spacial score (nSPS) is 13.4. The number of nitrogens with zero attached hydrogens (tertiary/aromatic N) is 1. The zero-order valence-corrected chi connectivity index (χ0v) is 23.3. The lowest BCUT2D eigenvalue weighted by Gasteiger charge is -2.25. The maximum atomic E-state index is 13.6. The SMILES string of the molecule is NC(N)=NCCCC(N)C(=O)NC(Cc1ccc(O)cc1)C(=O)NC(Cc1ccccc1)C(=O)NC(CC(=O)O)C(=O)O. The highest BCUT2D eigenvalue weighted by molar-refractivity contribution is 5.95. The van der Waals surface area contributed by atoms with Crippen LogP contribution in [0.5, 0.6) is 5.75 Å². The first-order valence-corrected chi connectivity index (χ1v) is 13.3. The number of aromatic hydroxyl groups is 1. The number of carbonyl (C=O) groups is 5. The van der Waals surface area contributed by atoms with Gasteiger partial charge in [0.25, 0.3) is 0 Å². The van der Waals surface area contributed by atoms with Gasteiger partial charge in [0.05, 0.1) is 12.5 Å². The maximum absolute atomic E-state index is 13.6. The van der Waals surface area contributed by atoms with E-state index >= 15 is 0 Å². The standard InChI is InChI=1S/C28H37N7O8/c29-19(7-4-12-32-28(30)31)24(39)33-20(14-17-8-10-18(36)11-9-17)25(40)34-21(13-16-5-2-1-3-6-16)26(41)35-22(27(42)43)15-23(37)38/h1-3,5-6,8-11,19-22,36H,4,7,12-15,29H2,(H,33,39)(H,34,40)(H,35,41)(H,37,38)(H,42,43)(H4,30,31,32). The quantitative estimate of drug-likeness (QED) is 0.0577. The van der Waals surface area contributed by atoms with Crippen LogP contribution in [-0.4, -0.2) is 81.7 Å². The summed E-state index contributed by atoms with van der Waals surface area (Å²) in [6.45, 7) is 0.246. The molecule has 232 valence electrons. The molecular weight excluding hydrogens is 562 g/mol. The molecule has 4 unspecified atom stereocenters. The van der Waals surface area contributed by atoms with Gasteiger partial charge in [-0.2, -0.15) is 0 Å². The summed E-state index contributed by atoms with van der Waals surface area (Å²) in [5, 5.41) is 35.4. The van der Waals surface area contributed by atoms with Crippen molar-refractivity contribution < 1.29 is 39.3 Å². The number of phenolic OH excluding ortho intramolecular Hbond substituents is 1. The number of phenols is 1. The Hall–Kier alpha value is -5.18. The number of hydrogen-bond donors (Lipinski definition) is 9. The highest BCUT2D eigenvalue weighted by atomic mass is 16.4. The Morgan fingerprint density at radius 1 is 0.744 bits per heavy atom. The predicted molar refractivity (Wildman–Crippen MR) is 156 cm³/mol. The smallest absolute Gasteiger partial charge is 0.326 e. The first-order chi connectivity index (χ1) is 20.3. The molecule has 0 heterocycles. The molecule has 2 aromatic rings. The summed E-state index contributed by atoms with van der Waals surface area (Å²) in [7, 11) is 0. The Balaban J connectivity index is 2.28. The molecule has 0 fully saturated rings. The number of carboxylic acids is 2. The Kier molecular flexibility index (Phi) is 13.4. The second-order valence-corrected chi connectivity index (χ2v) is 9.74. The van der Waals surface area contributed by atoms with Crippen LogP contribution in [0.2, 0.25) is 0 Å². The van der Waals surface area contributed by atoms with Crippen LogP contribution in [-0.2, 0) is 36.8 Å². The Morgan fingerprint density at radius 3 is 1.77 bits per heavy atom. The molecule has 0 radical (unpaired) electrons. The van der Waals surface area contributed by atoms with Gasteiger partial charge >= 0.3 is 11.9 Å². The second-order valence-electron chi connectivity index (χ2n) is 9.74. The third-order valence-electron chi connectivity index (χ3n) is 6.22. The fourth-order valence-electron chi connectivity index (χ4n) is 3.98. The Morgan fingerprint density at radius 2 is 1.26 bits per heavy atom. The largest absolute Gasteiger partial charge is 0.508 e. The van der Waals surface area contributed by atoms with E-state index in [0.717, 1.165) is 0 Å². The van der Waals surface area contributed by atoms with Gasteiger partial charge in [-0.25, -0.2) is 4.79 Å². The summed E-state index contributed by atoms with van der Waals surface area (Å²) in [6, 6.07) is 9.12. The molecule has 0 aliphatic heterocycles. The molecule has 3 amide bonds. The molecule has 0 bridgehead atoms. The number of carbonyl (C=O) groups excluding carboxylic acids is 3. The number of guanidine groups is 1. The minimum atomic E-state index is -1.75. The molecule has 0 aliphatic rings. The molecule has 4 atom stereocenters. The molecule has 0 aliphatic carbocycles. The predicted octanol–water partition coefficient (Wildman–Crippen LogP) is -1.43. The molecule has 15 nitrogen and oxygen atoms in total. The average molecular weight is 600 g/mol. The molecule has 43 heavy (non-hydrogen) atoms. The van der Waals surface area contributed by atoms with Crippen LogP contribution in [0.1, 0.15) is 30.4 Å². The van der Waals surface area contributed by atoms with E-state index in [9.17, 15) is 34.2 Å². The van der Waals surface area contributed by atoms with Crippen LogP contribution < -0.4 is 33.2 Å². The molecule has 15 heteroatoms. The summed E-state index contributed by atoms with van der Waals surface area (Å²) < 4.78 is 0. The van der Waals surface area contributed by atoms with Gasteiger partial charge in [-0.3, -0.25) is 24.2 Å². The van der Waals surface area contributed by atoms with Gasteiger partial charge in [0, 0.05) is 19.4 Å². The van der Waals surface area contributed by atoms with Gasteiger partial charge in [0.2, 0.25) is 17.7 Å². The minimum Gasteiger partial charge on any atom is -0.508 e. The summed E-state index contributed by atoms with van der Waals surface area (Å²) >= 11 is 0. The van der Waals surface area contributed by atoms with E-state index in [1.807, 2.05) is 0 Å². The van der Waals surface area contributed by atoms with Crippen molar-refractivity contribution >= 4 is 35.6 Å². The van der Waals surface area contributed by atoms with E-state index in [-0.39, 0.29) is 37.5 Å². The zero-order valence-electron chi connectivity index (χ0n) is 23.3. The molecule has 2 rings (SSSR count). The third-order valence-corrected chi connectivity index (χ3v) is 6.22. The highest BCUT2D eigenvalue weighted by Gasteiger charge is 2.31. The van der Waals surface area contributed by atoms with E-state index < -0.39 is 60.2 Å². The summed E-state index contributed by atoms with van der Waals surface area (Å²) in [5.74, 6) is -5.48. The molecule has 0 saturated carbocycles. The lowest BCUT2D eigenvalue weighted by molar-refractivity contribution is -0.147. The Labute approximate surface area is 247 Å². The number of aliphatic imine (C=N–C) groups is 1. The molecule has 2 aromatic carbocycles. The van der Waals surface area contributed by atoms with Crippen molar-refractivity contribution in [2.75, 3.05) is 6.54 Å². The lowest BCUT2D eigenvalue weighted by Crippen LogP contribution is -2.58. The van der Waals surface area contributed by atoms with Crippen molar-refractivity contribution in [3.8, 4) is 5.75 Å². The fraction of sp³-hybridized carbons (Fsp3) is 0.357. The van der Waals surface area contributed by atoms with Crippen LogP contribution in [0, 0.1) is 0 Å². The van der Waals surface area contributed by atoms with Crippen LogP contribution in [0.25, 0.3) is 0 Å². The number of amides is 3. The number of nitrogens with one attached hydrogen (secondary N) is 3. The third kappa shape index (κ3) is 12.5. The monoisotopic (exact) mass is 599 g/mol. The topological polar surface area (TPSA) is 273 Å². The number of hydrogen-bond acceptors (Lipinski definition) is 8. The molecular formula is C28H37N7O8. The number of benzene rings is 2. The minimum absolute atomic E-state index is 0.00877.